The zero-order chi connectivity index (χ0) is 13.9. The lowest BCUT2D eigenvalue weighted by atomic mass is 9.81. The summed E-state index contributed by atoms with van der Waals surface area (Å²) in [5.74, 6) is 0.992. The SMILES string of the molecule is CCC(C1CCCCC1)N1CC2CCCCN2CC1C. The van der Waals surface area contributed by atoms with Crippen LogP contribution in [0.4, 0.5) is 0 Å². The van der Waals surface area contributed by atoms with E-state index in [4.69, 9.17) is 0 Å². The fourth-order valence-corrected chi connectivity index (χ4v) is 5.19. The van der Waals surface area contributed by atoms with Crippen molar-refractivity contribution in [3.05, 3.63) is 0 Å². The maximum absolute atomic E-state index is 2.92. The van der Waals surface area contributed by atoms with Gasteiger partial charge in [0.2, 0.25) is 0 Å². The highest BCUT2D eigenvalue weighted by Crippen LogP contribution is 2.34. The molecule has 2 aliphatic heterocycles. The third-order valence-electron chi connectivity index (χ3n) is 6.27. The molecule has 3 atom stereocenters. The Morgan fingerprint density at radius 2 is 1.70 bits per heavy atom. The van der Waals surface area contributed by atoms with E-state index < -0.39 is 0 Å². The molecule has 2 heterocycles. The number of hydrogen-bond acceptors (Lipinski definition) is 2. The van der Waals surface area contributed by atoms with Gasteiger partial charge in [-0.2, -0.15) is 0 Å². The Bertz CT molecular complexity index is 298. The van der Waals surface area contributed by atoms with Crippen molar-refractivity contribution in [2.75, 3.05) is 19.6 Å². The summed E-state index contributed by atoms with van der Waals surface area (Å²) in [6, 6.07) is 2.52. The fraction of sp³-hybridized carbons (Fsp3) is 1.00. The van der Waals surface area contributed by atoms with Crippen molar-refractivity contribution in [2.45, 2.75) is 89.8 Å². The van der Waals surface area contributed by atoms with Crippen LogP contribution in [0.25, 0.3) is 0 Å². The summed E-state index contributed by atoms with van der Waals surface area (Å²) in [6.07, 6.45) is 13.2. The van der Waals surface area contributed by atoms with Gasteiger partial charge in [-0.05, 0) is 51.5 Å². The molecule has 0 radical (unpaired) electrons. The van der Waals surface area contributed by atoms with Gasteiger partial charge in [0.15, 0.2) is 0 Å². The Labute approximate surface area is 125 Å². The maximum atomic E-state index is 2.92. The second-order valence-electron chi connectivity index (χ2n) is 7.56. The quantitative estimate of drug-likeness (QED) is 0.772. The van der Waals surface area contributed by atoms with Crippen LogP contribution < -0.4 is 0 Å². The summed E-state index contributed by atoms with van der Waals surface area (Å²) in [6.45, 7) is 8.96. The summed E-state index contributed by atoms with van der Waals surface area (Å²) < 4.78 is 0. The Morgan fingerprint density at radius 1 is 0.950 bits per heavy atom. The van der Waals surface area contributed by atoms with Crippen molar-refractivity contribution >= 4 is 0 Å². The highest BCUT2D eigenvalue weighted by Gasteiger charge is 2.38. The molecule has 3 aliphatic rings. The highest BCUT2D eigenvalue weighted by molar-refractivity contribution is 4.93. The van der Waals surface area contributed by atoms with Crippen LogP contribution in [0, 0.1) is 5.92 Å². The molecule has 3 unspecified atom stereocenters. The molecule has 0 amide bonds. The Hall–Kier alpha value is -0.0800. The number of piperazine rings is 1. The molecule has 0 spiro atoms. The van der Waals surface area contributed by atoms with E-state index in [2.05, 4.69) is 23.6 Å². The molecule has 0 aromatic carbocycles. The first kappa shape index (κ1) is 14.8. The molecule has 3 fully saturated rings. The maximum Gasteiger partial charge on any atom is 0.0224 e. The molecular weight excluding hydrogens is 244 g/mol. The van der Waals surface area contributed by atoms with E-state index >= 15 is 0 Å². The molecule has 0 aromatic heterocycles. The van der Waals surface area contributed by atoms with Crippen LogP contribution >= 0.6 is 0 Å². The minimum Gasteiger partial charge on any atom is -0.298 e. The van der Waals surface area contributed by atoms with Gasteiger partial charge >= 0.3 is 0 Å². The van der Waals surface area contributed by atoms with Gasteiger partial charge in [0, 0.05) is 31.2 Å². The number of piperidine rings is 1. The molecule has 20 heavy (non-hydrogen) atoms. The second-order valence-corrected chi connectivity index (χ2v) is 7.56. The van der Waals surface area contributed by atoms with E-state index in [1.807, 2.05) is 0 Å². The van der Waals surface area contributed by atoms with Crippen molar-refractivity contribution in [3.63, 3.8) is 0 Å². The van der Waals surface area contributed by atoms with Gasteiger partial charge in [0.25, 0.3) is 0 Å². The molecule has 3 rings (SSSR count). The lowest BCUT2D eigenvalue weighted by Crippen LogP contribution is -2.62. The van der Waals surface area contributed by atoms with Gasteiger partial charge < -0.3 is 0 Å². The van der Waals surface area contributed by atoms with Crippen molar-refractivity contribution in [1.29, 1.82) is 0 Å². The molecule has 2 heteroatoms. The van der Waals surface area contributed by atoms with Gasteiger partial charge in [-0.25, -0.2) is 0 Å². The Balaban J connectivity index is 1.66. The lowest BCUT2D eigenvalue weighted by molar-refractivity contribution is -0.0274. The Kier molecular flexibility index (Phi) is 5.04. The van der Waals surface area contributed by atoms with Crippen molar-refractivity contribution < 1.29 is 0 Å². The minimum absolute atomic E-state index is 0.774. The molecule has 2 saturated heterocycles. The smallest absolute Gasteiger partial charge is 0.0224 e. The van der Waals surface area contributed by atoms with Crippen molar-refractivity contribution in [2.24, 2.45) is 5.92 Å². The van der Waals surface area contributed by atoms with Gasteiger partial charge in [0.1, 0.15) is 0 Å². The Morgan fingerprint density at radius 3 is 2.45 bits per heavy atom. The van der Waals surface area contributed by atoms with Crippen LogP contribution in [0.5, 0.6) is 0 Å². The first-order chi connectivity index (χ1) is 9.79. The monoisotopic (exact) mass is 278 g/mol. The van der Waals surface area contributed by atoms with E-state index in [0.717, 1.165) is 24.0 Å². The van der Waals surface area contributed by atoms with Gasteiger partial charge in [-0.15, -0.1) is 0 Å². The molecule has 0 N–H and O–H groups in total. The number of rotatable bonds is 3. The predicted octanol–water partition coefficient (Wildman–Crippen LogP) is 3.90. The number of nitrogens with zero attached hydrogens (tertiary/aromatic N) is 2. The van der Waals surface area contributed by atoms with Gasteiger partial charge in [-0.1, -0.05) is 32.6 Å². The average Bonchev–Trinajstić information content (AvgIpc) is 2.49. The van der Waals surface area contributed by atoms with Gasteiger partial charge in [-0.3, -0.25) is 9.80 Å². The van der Waals surface area contributed by atoms with Crippen LogP contribution in [0.3, 0.4) is 0 Å². The van der Waals surface area contributed by atoms with Crippen LogP contribution in [0.2, 0.25) is 0 Å². The van der Waals surface area contributed by atoms with Gasteiger partial charge in [0.05, 0.1) is 0 Å². The van der Waals surface area contributed by atoms with Crippen molar-refractivity contribution in [3.8, 4) is 0 Å². The summed E-state index contributed by atoms with van der Waals surface area (Å²) in [4.78, 5) is 5.71. The number of fused-ring (bicyclic) bond motifs is 1. The first-order valence-electron chi connectivity index (χ1n) is 9.29. The summed E-state index contributed by atoms with van der Waals surface area (Å²) in [7, 11) is 0. The predicted molar refractivity (Wildman–Crippen MR) is 86.0 cm³/mol. The van der Waals surface area contributed by atoms with Crippen LogP contribution in [0.15, 0.2) is 0 Å². The van der Waals surface area contributed by atoms with Crippen LogP contribution in [0.1, 0.15) is 71.6 Å². The summed E-state index contributed by atoms with van der Waals surface area (Å²) in [5.41, 5.74) is 0. The summed E-state index contributed by atoms with van der Waals surface area (Å²) in [5, 5.41) is 0. The zero-order valence-corrected chi connectivity index (χ0v) is 13.7. The molecule has 0 bridgehead atoms. The standard InChI is InChI=1S/C18H34N2/c1-3-18(16-9-5-4-6-10-16)20-14-17-11-7-8-12-19(17)13-15(20)2/h15-18H,3-14H2,1-2H3. The minimum atomic E-state index is 0.774. The molecule has 116 valence electrons. The highest BCUT2D eigenvalue weighted by atomic mass is 15.3. The normalized spacial score (nSPS) is 35.7. The van der Waals surface area contributed by atoms with Crippen LogP contribution in [-0.4, -0.2) is 47.6 Å². The topological polar surface area (TPSA) is 6.48 Å². The largest absolute Gasteiger partial charge is 0.298 e. The van der Waals surface area contributed by atoms with E-state index in [1.54, 1.807) is 0 Å². The zero-order valence-electron chi connectivity index (χ0n) is 13.7. The summed E-state index contributed by atoms with van der Waals surface area (Å²) >= 11 is 0. The molecular formula is C18H34N2. The molecule has 0 aromatic rings. The van der Waals surface area contributed by atoms with Crippen LogP contribution in [-0.2, 0) is 0 Å². The van der Waals surface area contributed by atoms with E-state index in [9.17, 15) is 0 Å². The van der Waals surface area contributed by atoms with E-state index in [0.29, 0.717) is 0 Å². The number of hydrogen-bond donors (Lipinski definition) is 0. The third-order valence-corrected chi connectivity index (χ3v) is 6.27. The molecule has 1 aliphatic carbocycles. The van der Waals surface area contributed by atoms with E-state index in [1.165, 1.54) is 77.4 Å². The first-order valence-corrected chi connectivity index (χ1v) is 9.29. The lowest BCUT2D eigenvalue weighted by Gasteiger charge is -2.52. The fourth-order valence-electron chi connectivity index (χ4n) is 5.19. The second kappa shape index (κ2) is 6.79. The van der Waals surface area contributed by atoms with Crippen molar-refractivity contribution in [1.82, 2.24) is 9.80 Å². The third kappa shape index (κ3) is 3.06. The molecule has 1 saturated carbocycles. The molecule has 2 nitrogen and oxygen atoms in total. The van der Waals surface area contributed by atoms with E-state index in [-0.39, 0.29) is 0 Å². The average molecular weight is 278 g/mol.